The van der Waals surface area contributed by atoms with Crippen molar-refractivity contribution in [3.05, 3.63) is 340 Å². The van der Waals surface area contributed by atoms with Gasteiger partial charge in [0.25, 0.3) is 0 Å². The van der Waals surface area contributed by atoms with Crippen LogP contribution in [-0.4, -0.2) is 0 Å². The Morgan fingerprint density at radius 2 is 0.648 bits per heavy atom. The molecule has 6 aromatic heterocycles. The van der Waals surface area contributed by atoms with Crippen molar-refractivity contribution in [2.24, 2.45) is 0 Å². The molecule has 0 fully saturated rings. The van der Waals surface area contributed by atoms with Crippen LogP contribution in [0.2, 0.25) is 0 Å². The van der Waals surface area contributed by atoms with Crippen LogP contribution in [0.1, 0.15) is 0 Å². The molecule has 0 aliphatic rings. The first-order chi connectivity index (χ1) is 53.5. The Balaban J connectivity index is 0.575. The van der Waals surface area contributed by atoms with E-state index < -0.39 is 0 Å². The molecule has 24 aromatic rings. The highest BCUT2D eigenvalue weighted by Crippen LogP contribution is 2.53. The third kappa shape index (κ3) is 8.63. The third-order valence-electron chi connectivity index (χ3n) is 23.0. The summed E-state index contributed by atoms with van der Waals surface area (Å²) in [6, 6.07) is 121. The van der Waals surface area contributed by atoms with Crippen molar-refractivity contribution in [3.63, 3.8) is 0 Å². The Morgan fingerprint density at radius 3 is 1.31 bits per heavy atom. The van der Waals surface area contributed by atoms with Gasteiger partial charge in [-0.2, -0.15) is 0 Å². The number of hydrogen-bond donors (Lipinski definition) is 0. The van der Waals surface area contributed by atoms with Crippen LogP contribution in [0.25, 0.3) is 251 Å². The maximum atomic E-state index is 7.11. The maximum Gasteiger partial charge on any atom is 0.153 e. The van der Waals surface area contributed by atoms with Crippen LogP contribution in [0, 0.1) is 0 Å². The summed E-state index contributed by atoms with van der Waals surface area (Å²) in [4.78, 5) is 0. The lowest BCUT2D eigenvalue weighted by molar-refractivity contribution is 0.617. The second kappa shape index (κ2) is 22.7. The Morgan fingerprint density at radius 1 is 0.204 bits per heavy atom. The Labute approximate surface area is 620 Å². The summed E-state index contributed by atoms with van der Waals surface area (Å²) in [5, 5.41) is 22.7. The van der Waals surface area contributed by atoms with E-state index in [-0.39, 0.29) is 0 Å². The van der Waals surface area contributed by atoms with Crippen LogP contribution in [0.15, 0.2) is 362 Å². The number of rotatable bonds is 8. The molecule has 5 nitrogen and oxygen atoms in total. The Hall–Kier alpha value is -14.0. The minimum atomic E-state index is 0.820. The molecule has 0 aliphatic carbocycles. The molecule has 24 rings (SSSR count). The van der Waals surface area contributed by atoms with Gasteiger partial charge in [0.1, 0.15) is 44.8 Å². The quantitative estimate of drug-likeness (QED) is 0.142. The standard InChI is InChI=1S/C102H56O5S/c1-16-37-87-60(19-1)52-90(104-87)67-45-46-80(65-24-4-3-22-63(65)67)97-76-31-12-14-33-78(76)98(79-34-15-13-32-77(79)97)83-36-18-38-88-99(83)84-48-47-82-70-44-40-59(54-94(70)108-102(82)101(84)107-88)58-39-42-68-85-55-93-86(56-92(85)105-89(68)51-58)69-43-41-61(53-91(69)106-93)95-72-27-8-10-29-74(72)96(75-30-11-9-28-73(75)95)71-26-7-6-23-64(71)62-21-2-5-25-66(62)81-35-17-20-57-49-50-103-100(57)81/h1-56H. The zero-order chi connectivity index (χ0) is 70.4. The topological polar surface area (TPSA) is 65.7 Å². The summed E-state index contributed by atoms with van der Waals surface area (Å²) in [7, 11) is 0. The molecular weight excluding hydrogens is 1340 g/mol. The molecule has 6 heteroatoms. The van der Waals surface area contributed by atoms with Gasteiger partial charge in [-0.05, 0) is 205 Å². The van der Waals surface area contributed by atoms with Crippen molar-refractivity contribution in [3.8, 4) is 89.2 Å². The van der Waals surface area contributed by atoms with Gasteiger partial charge in [0.05, 0.1) is 11.0 Å². The maximum absolute atomic E-state index is 7.11. The molecule has 0 unspecified atom stereocenters. The predicted octanol–water partition coefficient (Wildman–Crippen LogP) is 30.3. The number of hydrogen-bond acceptors (Lipinski definition) is 6. The molecule has 0 spiro atoms. The van der Waals surface area contributed by atoms with E-state index in [0.29, 0.717) is 0 Å². The molecule has 0 bridgehead atoms. The lowest BCUT2D eigenvalue weighted by Crippen LogP contribution is -1.93. The third-order valence-corrected chi connectivity index (χ3v) is 24.2. The van der Waals surface area contributed by atoms with Crippen molar-refractivity contribution >= 4 is 173 Å². The zero-order valence-corrected chi connectivity index (χ0v) is 58.6. The normalized spacial score (nSPS) is 12.3. The van der Waals surface area contributed by atoms with E-state index in [1.165, 1.54) is 97.3 Å². The average molecular weight is 1390 g/mol. The lowest BCUT2D eigenvalue weighted by Gasteiger charge is -2.20. The van der Waals surface area contributed by atoms with Crippen LogP contribution < -0.4 is 0 Å². The monoisotopic (exact) mass is 1390 g/mol. The fraction of sp³-hybridized carbons (Fsp3) is 0. The van der Waals surface area contributed by atoms with Crippen molar-refractivity contribution < 1.29 is 22.1 Å². The van der Waals surface area contributed by atoms with Crippen LogP contribution in [0.5, 0.6) is 0 Å². The smallest absolute Gasteiger partial charge is 0.153 e. The van der Waals surface area contributed by atoms with Gasteiger partial charge < -0.3 is 22.1 Å². The first kappa shape index (κ1) is 59.4. The molecule has 108 heavy (non-hydrogen) atoms. The van der Waals surface area contributed by atoms with Crippen molar-refractivity contribution in [1.29, 1.82) is 0 Å². The van der Waals surface area contributed by atoms with Gasteiger partial charge in [-0.25, -0.2) is 0 Å². The molecule has 6 heterocycles. The lowest BCUT2D eigenvalue weighted by atomic mass is 9.82. The molecule has 0 atom stereocenters. The number of benzene rings is 18. The number of thiophene rings is 1. The minimum absolute atomic E-state index is 0.820. The summed E-state index contributed by atoms with van der Waals surface area (Å²) >= 11 is 1.80. The first-order valence-electron chi connectivity index (χ1n) is 36.7. The van der Waals surface area contributed by atoms with Gasteiger partial charge in [-0.3, -0.25) is 0 Å². The summed E-state index contributed by atoms with van der Waals surface area (Å²) in [6.45, 7) is 0. The molecule has 0 saturated carbocycles. The Bertz CT molecular complexity index is 7870. The highest BCUT2D eigenvalue weighted by Gasteiger charge is 2.27. The van der Waals surface area contributed by atoms with E-state index >= 15 is 0 Å². The summed E-state index contributed by atoms with van der Waals surface area (Å²) < 4.78 is 35.9. The highest BCUT2D eigenvalue weighted by molar-refractivity contribution is 7.26. The fourth-order valence-corrected chi connectivity index (χ4v) is 19.5. The first-order valence-corrected chi connectivity index (χ1v) is 37.5. The molecule has 0 aliphatic heterocycles. The molecule has 0 N–H and O–H groups in total. The minimum Gasteiger partial charge on any atom is -0.464 e. The van der Waals surface area contributed by atoms with Gasteiger partial charge >= 0.3 is 0 Å². The van der Waals surface area contributed by atoms with Gasteiger partial charge in [0.15, 0.2) is 5.58 Å². The Kier molecular flexibility index (Phi) is 12.5. The SMILES string of the molecule is c1ccc(-c2c3ccccc3c(-c3ccc4c(c3)oc3cc5c(cc34)oc3cc(-c4ccc6c(c4)sc4c6ccc6c4oc4cccc(-c7c8ccccc8c(-c8ccc(-c9cc%10ccccc%10o9)c9ccccc89)c8ccccc78)c46)ccc35)c3ccccc23)c(-c2ccccc2-c2cccc3ccoc23)c1. The fourth-order valence-electron chi connectivity index (χ4n) is 18.3. The van der Waals surface area contributed by atoms with Crippen LogP contribution >= 0.6 is 11.3 Å². The van der Waals surface area contributed by atoms with Gasteiger partial charge in [-0.1, -0.05) is 255 Å². The highest BCUT2D eigenvalue weighted by atomic mass is 32.1. The molecule has 500 valence electrons. The van der Waals surface area contributed by atoms with Gasteiger partial charge in [-0.15, -0.1) is 11.3 Å². The largest absolute Gasteiger partial charge is 0.464 e. The second-order valence-corrected chi connectivity index (χ2v) is 29.7. The van der Waals surface area contributed by atoms with E-state index in [4.69, 9.17) is 22.1 Å². The number of para-hydroxylation sites is 2. The molecule has 0 amide bonds. The van der Waals surface area contributed by atoms with E-state index in [1.807, 2.05) is 18.2 Å². The van der Waals surface area contributed by atoms with Crippen LogP contribution in [-0.2, 0) is 0 Å². The number of fused-ring (bicyclic) bond motifs is 20. The van der Waals surface area contributed by atoms with E-state index in [2.05, 4.69) is 315 Å². The average Bonchev–Trinajstić information content (AvgIpc) is 1.20. The summed E-state index contributed by atoms with van der Waals surface area (Å²) in [5.74, 6) is 0.865. The van der Waals surface area contributed by atoms with Gasteiger partial charge in [0, 0.05) is 69.7 Å². The number of furan rings is 5. The molecule has 18 aromatic carbocycles. The van der Waals surface area contributed by atoms with Crippen molar-refractivity contribution in [1.82, 2.24) is 0 Å². The summed E-state index contributed by atoms with van der Waals surface area (Å²) in [6.07, 6.45) is 1.78. The predicted molar refractivity (Wildman–Crippen MR) is 452 cm³/mol. The van der Waals surface area contributed by atoms with Gasteiger partial charge in [0.2, 0.25) is 0 Å². The molecule has 0 saturated heterocycles. The molecular formula is C102H56O5S. The second-order valence-electron chi connectivity index (χ2n) is 28.7. The zero-order valence-electron chi connectivity index (χ0n) is 57.8. The van der Waals surface area contributed by atoms with Crippen molar-refractivity contribution in [2.75, 3.05) is 0 Å². The summed E-state index contributed by atoms with van der Waals surface area (Å²) in [5.41, 5.74) is 24.0. The van der Waals surface area contributed by atoms with Crippen LogP contribution in [0.4, 0.5) is 0 Å². The molecule has 0 radical (unpaired) electrons. The van der Waals surface area contributed by atoms with Crippen LogP contribution in [0.3, 0.4) is 0 Å². The van der Waals surface area contributed by atoms with Crippen molar-refractivity contribution in [2.45, 2.75) is 0 Å². The van der Waals surface area contributed by atoms with E-state index in [0.717, 1.165) is 154 Å². The van der Waals surface area contributed by atoms with E-state index in [1.54, 1.807) is 17.6 Å². The van der Waals surface area contributed by atoms with E-state index in [9.17, 15) is 0 Å².